The fourth-order valence-corrected chi connectivity index (χ4v) is 2.40. The maximum absolute atomic E-state index is 3.91. The number of hydrogen-bond donors (Lipinski definition) is 1. The van der Waals surface area contributed by atoms with Crippen molar-refractivity contribution in [1.29, 1.82) is 0 Å². The van der Waals surface area contributed by atoms with Gasteiger partial charge in [-0.3, -0.25) is 0 Å². The molecule has 0 saturated heterocycles. The van der Waals surface area contributed by atoms with Crippen molar-refractivity contribution in [2.24, 2.45) is 7.05 Å². The van der Waals surface area contributed by atoms with Gasteiger partial charge in [0.05, 0.1) is 0 Å². The Bertz CT molecular complexity index is 490. The van der Waals surface area contributed by atoms with Crippen LogP contribution in [0.5, 0.6) is 0 Å². The lowest BCUT2D eigenvalue weighted by Crippen LogP contribution is -2.16. The molecule has 0 unspecified atom stereocenters. The van der Waals surface area contributed by atoms with Gasteiger partial charge in [-0.25, -0.2) is 4.68 Å². The Morgan fingerprint density at radius 2 is 2.05 bits per heavy atom. The zero-order valence-electron chi connectivity index (χ0n) is 10.4. The average molecular weight is 365 g/mol. The lowest BCUT2D eigenvalue weighted by atomic mass is 10.2. The Labute approximate surface area is 131 Å². The van der Waals surface area contributed by atoms with Gasteiger partial charge in [0.25, 0.3) is 0 Å². The number of hydrogen-bond acceptors (Lipinski definition) is 5. The number of thioether (sulfide) groups is 1. The first-order valence-corrected chi connectivity index (χ1v) is 7.34. The third-order valence-corrected chi connectivity index (χ3v) is 3.87. The number of aromatic nitrogens is 4. The first kappa shape index (κ1) is 16.4. The number of nitrogens with zero attached hydrogens (tertiary/aromatic N) is 4. The van der Waals surface area contributed by atoms with Crippen LogP contribution in [-0.4, -0.2) is 32.5 Å². The Balaban J connectivity index is 0.00000180. The van der Waals surface area contributed by atoms with Crippen molar-refractivity contribution in [1.82, 2.24) is 25.5 Å². The number of aryl methyl sites for hydroxylation is 1. The third-order valence-electron chi connectivity index (χ3n) is 2.33. The minimum atomic E-state index is 0. The summed E-state index contributed by atoms with van der Waals surface area (Å²) in [6.45, 7) is 1.80. The SMILES string of the molecule is Cl.Cn1nnnc1SCCNCc1ccc(Br)cc1. The Morgan fingerprint density at radius 1 is 1.32 bits per heavy atom. The van der Waals surface area contributed by atoms with Crippen LogP contribution in [0.25, 0.3) is 0 Å². The molecule has 2 aromatic rings. The summed E-state index contributed by atoms with van der Waals surface area (Å²) in [7, 11) is 1.84. The van der Waals surface area contributed by atoms with E-state index in [1.165, 1.54) is 5.56 Å². The van der Waals surface area contributed by atoms with Gasteiger partial charge in [0, 0.05) is 30.4 Å². The Morgan fingerprint density at radius 3 is 2.68 bits per heavy atom. The lowest BCUT2D eigenvalue weighted by molar-refractivity contribution is 0.663. The normalized spacial score (nSPS) is 10.2. The number of tetrazole rings is 1. The summed E-state index contributed by atoms with van der Waals surface area (Å²) in [6, 6.07) is 8.32. The first-order chi connectivity index (χ1) is 8.75. The fraction of sp³-hybridized carbons (Fsp3) is 0.364. The van der Waals surface area contributed by atoms with Crippen LogP contribution in [0, 0.1) is 0 Å². The van der Waals surface area contributed by atoms with Crippen LogP contribution in [0.1, 0.15) is 5.56 Å². The molecule has 8 heteroatoms. The highest BCUT2D eigenvalue weighted by atomic mass is 79.9. The van der Waals surface area contributed by atoms with Gasteiger partial charge >= 0.3 is 0 Å². The zero-order chi connectivity index (χ0) is 12.8. The Kier molecular flexibility index (Phi) is 7.37. The molecule has 0 aliphatic carbocycles. The summed E-state index contributed by atoms with van der Waals surface area (Å²) in [5.74, 6) is 0.949. The molecule has 1 aromatic carbocycles. The molecule has 0 saturated carbocycles. The molecule has 1 heterocycles. The van der Waals surface area contributed by atoms with Crippen LogP contribution in [0.3, 0.4) is 0 Å². The van der Waals surface area contributed by atoms with E-state index >= 15 is 0 Å². The number of halogens is 2. The quantitative estimate of drug-likeness (QED) is 0.629. The molecule has 104 valence electrons. The van der Waals surface area contributed by atoms with Crippen LogP contribution in [0.2, 0.25) is 0 Å². The molecule has 1 N–H and O–H groups in total. The maximum Gasteiger partial charge on any atom is 0.209 e. The fourth-order valence-electron chi connectivity index (χ4n) is 1.39. The molecule has 19 heavy (non-hydrogen) atoms. The van der Waals surface area contributed by atoms with Crippen molar-refractivity contribution in [3.05, 3.63) is 34.3 Å². The standard InChI is InChI=1S/C11H14BrN5S.ClH/c1-17-11(14-15-16-17)18-7-6-13-8-9-2-4-10(12)5-3-9;/h2-5,13H,6-8H2,1H3;1H. The lowest BCUT2D eigenvalue weighted by Gasteiger charge is -2.04. The van der Waals surface area contributed by atoms with Crippen molar-refractivity contribution in [3.63, 3.8) is 0 Å². The van der Waals surface area contributed by atoms with Gasteiger partial charge in [0.1, 0.15) is 0 Å². The van der Waals surface area contributed by atoms with E-state index in [4.69, 9.17) is 0 Å². The van der Waals surface area contributed by atoms with Crippen molar-refractivity contribution < 1.29 is 0 Å². The van der Waals surface area contributed by atoms with Crippen LogP contribution in [-0.2, 0) is 13.6 Å². The van der Waals surface area contributed by atoms with Gasteiger partial charge < -0.3 is 5.32 Å². The molecule has 0 radical (unpaired) electrons. The van der Waals surface area contributed by atoms with Gasteiger partial charge in [0.15, 0.2) is 0 Å². The topological polar surface area (TPSA) is 55.6 Å². The van der Waals surface area contributed by atoms with Crippen molar-refractivity contribution in [2.45, 2.75) is 11.7 Å². The third kappa shape index (κ3) is 5.48. The second kappa shape index (κ2) is 8.52. The molecule has 0 atom stereocenters. The molecule has 0 amide bonds. The number of rotatable bonds is 6. The highest BCUT2D eigenvalue weighted by Gasteiger charge is 2.01. The monoisotopic (exact) mass is 363 g/mol. The second-order valence-electron chi connectivity index (χ2n) is 3.74. The van der Waals surface area contributed by atoms with E-state index in [-0.39, 0.29) is 12.4 Å². The van der Waals surface area contributed by atoms with E-state index in [0.29, 0.717) is 0 Å². The molecule has 1 aromatic heterocycles. The molecule has 2 rings (SSSR count). The minimum Gasteiger partial charge on any atom is -0.312 e. The second-order valence-corrected chi connectivity index (χ2v) is 5.71. The van der Waals surface area contributed by atoms with E-state index in [1.54, 1.807) is 16.4 Å². The van der Waals surface area contributed by atoms with Gasteiger partial charge in [-0.2, -0.15) is 0 Å². The highest BCUT2D eigenvalue weighted by Crippen LogP contribution is 2.12. The van der Waals surface area contributed by atoms with Crippen LogP contribution < -0.4 is 5.32 Å². The zero-order valence-corrected chi connectivity index (χ0v) is 13.6. The summed E-state index contributed by atoms with van der Waals surface area (Å²) < 4.78 is 2.79. The van der Waals surface area contributed by atoms with Gasteiger partial charge in [0.2, 0.25) is 5.16 Å². The van der Waals surface area contributed by atoms with Crippen molar-refractivity contribution >= 4 is 40.1 Å². The molecule has 0 spiro atoms. The van der Waals surface area contributed by atoms with Gasteiger partial charge in [-0.1, -0.05) is 39.8 Å². The summed E-state index contributed by atoms with van der Waals surface area (Å²) in [5, 5.41) is 15.5. The van der Waals surface area contributed by atoms with E-state index in [9.17, 15) is 0 Å². The van der Waals surface area contributed by atoms with Crippen molar-refractivity contribution in [2.75, 3.05) is 12.3 Å². The number of nitrogens with one attached hydrogen (secondary N) is 1. The number of benzene rings is 1. The smallest absolute Gasteiger partial charge is 0.209 e. The van der Waals surface area contributed by atoms with Gasteiger partial charge in [-0.15, -0.1) is 17.5 Å². The van der Waals surface area contributed by atoms with E-state index in [2.05, 4.69) is 61.0 Å². The molecule has 0 aliphatic rings. The maximum atomic E-state index is 3.91. The van der Waals surface area contributed by atoms with Crippen LogP contribution in [0.15, 0.2) is 33.9 Å². The summed E-state index contributed by atoms with van der Waals surface area (Å²) in [4.78, 5) is 0. The van der Waals surface area contributed by atoms with Crippen molar-refractivity contribution in [3.8, 4) is 0 Å². The largest absolute Gasteiger partial charge is 0.312 e. The van der Waals surface area contributed by atoms with E-state index in [0.717, 1.165) is 28.5 Å². The average Bonchev–Trinajstić information content (AvgIpc) is 2.77. The molecule has 5 nitrogen and oxygen atoms in total. The molecule has 0 bridgehead atoms. The molecular formula is C11H15BrClN5S. The molecule has 0 aliphatic heterocycles. The molecular weight excluding hydrogens is 350 g/mol. The first-order valence-electron chi connectivity index (χ1n) is 5.56. The van der Waals surface area contributed by atoms with Crippen LogP contribution in [0.4, 0.5) is 0 Å². The minimum absolute atomic E-state index is 0. The summed E-state index contributed by atoms with van der Waals surface area (Å²) in [6.07, 6.45) is 0. The van der Waals surface area contributed by atoms with E-state index < -0.39 is 0 Å². The predicted molar refractivity (Wildman–Crippen MR) is 82.6 cm³/mol. The highest BCUT2D eigenvalue weighted by molar-refractivity contribution is 9.10. The Hall–Kier alpha value is -0.630. The summed E-state index contributed by atoms with van der Waals surface area (Å²) >= 11 is 5.07. The molecule has 0 fully saturated rings. The van der Waals surface area contributed by atoms with Crippen LogP contribution >= 0.6 is 40.1 Å². The van der Waals surface area contributed by atoms with Gasteiger partial charge in [-0.05, 0) is 28.1 Å². The predicted octanol–water partition coefficient (Wildman–Crippen LogP) is 2.28. The summed E-state index contributed by atoms with van der Waals surface area (Å²) in [5.41, 5.74) is 1.28. The van der Waals surface area contributed by atoms with E-state index in [1.807, 2.05) is 7.05 Å².